The highest BCUT2D eigenvalue weighted by Crippen LogP contribution is 2.31. The van der Waals surface area contributed by atoms with Crippen molar-refractivity contribution in [3.05, 3.63) is 10.1 Å². The van der Waals surface area contributed by atoms with Gasteiger partial charge in [0.2, 0.25) is 0 Å². The van der Waals surface area contributed by atoms with E-state index in [0.717, 1.165) is 25.7 Å². The van der Waals surface area contributed by atoms with E-state index in [9.17, 15) is 10.1 Å². The number of nitrogens with zero attached hydrogens (tertiary/aromatic N) is 2. The van der Waals surface area contributed by atoms with Gasteiger partial charge in [-0.25, -0.2) is 0 Å². The van der Waals surface area contributed by atoms with Crippen molar-refractivity contribution in [1.82, 2.24) is 5.17 Å². The van der Waals surface area contributed by atoms with E-state index in [0.29, 0.717) is 10.0 Å². The zero-order valence-corrected chi connectivity index (χ0v) is 6.40. The molecule has 0 aromatic rings. The summed E-state index contributed by atoms with van der Waals surface area (Å²) >= 11 is 0. The topological polar surface area (TPSA) is 46.4 Å². The Balaban J connectivity index is 2.05. The largest absolute Gasteiger partial charge is 0.704 e. The van der Waals surface area contributed by atoms with Crippen LogP contribution in [0.25, 0.3) is 0 Å². The Morgan fingerprint density at radius 3 is 2.82 bits per heavy atom. The van der Waals surface area contributed by atoms with Gasteiger partial charge in [0.25, 0.3) is 6.04 Å². The molecular weight excluding hydrogens is 144 g/mol. The summed E-state index contributed by atoms with van der Waals surface area (Å²) in [6, 6.07) is 0.0185. The van der Waals surface area contributed by atoms with Crippen molar-refractivity contribution in [1.29, 1.82) is 0 Å². The van der Waals surface area contributed by atoms with E-state index in [2.05, 4.69) is 0 Å². The maximum absolute atomic E-state index is 10.9. The molecule has 0 spiro atoms. The van der Waals surface area contributed by atoms with E-state index in [1.165, 1.54) is 6.42 Å². The Labute approximate surface area is 65.3 Å². The number of nitroso groups, excluding NO2 is 1. The second-order valence-electron chi connectivity index (χ2n) is 3.38. The fraction of sp³-hybridized carbons (Fsp3) is 1.00. The van der Waals surface area contributed by atoms with Crippen molar-refractivity contribution in [2.75, 3.05) is 0 Å². The van der Waals surface area contributed by atoms with Gasteiger partial charge in [0.15, 0.2) is 0 Å². The van der Waals surface area contributed by atoms with E-state index in [4.69, 9.17) is 0 Å². The lowest BCUT2D eigenvalue weighted by atomic mass is 10.0. The third kappa shape index (κ3) is 0.929. The number of hydroxylamine groups is 1. The molecule has 0 aromatic carbocycles. The molecule has 62 valence electrons. The average molecular weight is 156 g/mol. The van der Waals surface area contributed by atoms with Crippen LogP contribution in [0, 0.1) is 10.1 Å². The Bertz CT molecular complexity index is 183. The second-order valence-corrected chi connectivity index (χ2v) is 3.38. The molecule has 0 aromatic heterocycles. The molecule has 2 fully saturated rings. The van der Waals surface area contributed by atoms with Crippen LogP contribution in [0.5, 0.6) is 0 Å². The number of rotatable bonds is 0. The molecule has 1 heterocycles. The van der Waals surface area contributed by atoms with Gasteiger partial charge in [-0.2, -0.15) is 5.17 Å². The third-order valence-electron chi connectivity index (χ3n) is 2.71. The summed E-state index contributed by atoms with van der Waals surface area (Å²) in [6.07, 6.45) is 5.20. The monoisotopic (exact) mass is 156 g/mol. The first kappa shape index (κ1) is 7.03. The highest BCUT2D eigenvalue weighted by Gasteiger charge is 2.51. The lowest BCUT2D eigenvalue weighted by Gasteiger charge is -2.40. The first-order chi connectivity index (χ1) is 5.30. The molecule has 0 amide bonds. The van der Waals surface area contributed by atoms with Crippen molar-refractivity contribution < 1.29 is 4.87 Å². The summed E-state index contributed by atoms with van der Waals surface area (Å²) in [7, 11) is 0. The van der Waals surface area contributed by atoms with Crippen LogP contribution in [0.2, 0.25) is 0 Å². The summed E-state index contributed by atoms with van der Waals surface area (Å²) in [5, 5.41) is 11.5. The first-order valence-electron chi connectivity index (χ1n) is 4.23. The van der Waals surface area contributed by atoms with Crippen molar-refractivity contribution in [2.45, 2.75) is 44.2 Å². The highest BCUT2D eigenvalue weighted by molar-refractivity contribution is 4.84. The molecule has 2 rings (SSSR count). The molecule has 1 aliphatic heterocycles. The third-order valence-corrected chi connectivity index (χ3v) is 2.71. The summed E-state index contributed by atoms with van der Waals surface area (Å²) in [5.41, 5.74) is 0. The quantitative estimate of drug-likeness (QED) is 0.495. The molecule has 4 nitrogen and oxygen atoms in total. The van der Waals surface area contributed by atoms with Crippen LogP contribution in [0.4, 0.5) is 0 Å². The molecule has 2 atom stereocenters. The van der Waals surface area contributed by atoms with Crippen molar-refractivity contribution >= 4 is 0 Å². The van der Waals surface area contributed by atoms with E-state index in [1.807, 2.05) is 0 Å². The molecule has 1 aliphatic carbocycles. The lowest BCUT2D eigenvalue weighted by Crippen LogP contribution is -2.62. The minimum absolute atomic E-state index is 0.00926. The van der Waals surface area contributed by atoms with Crippen LogP contribution in [0.3, 0.4) is 0 Å². The SMILES string of the molecule is O=[N+]1[C@H]2CCCCC[C@@H]2N1[O-]. The van der Waals surface area contributed by atoms with Gasteiger partial charge in [-0.3, -0.25) is 0 Å². The minimum atomic E-state index is 0.00926. The number of fused-ring (bicyclic) bond motifs is 1. The molecule has 0 unspecified atom stereocenters. The molecule has 11 heavy (non-hydrogen) atoms. The second kappa shape index (κ2) is 2.44. The Kier molecular flexibility index (Phi) is 1.56. The molecule has 0 N–H and O–H groups in total. The predicted molar refractivity (Wildman–Crippen MR) is 39.5 cm³/mol. The van der Waals surface area contributed by atoms with E-state index < -0.39 is 0 Å². The fourth-order valence-corrected chi connectivity index (χ4v) is 2.01. The van der Waals surface area contributed by atoms with Gasteiger partial charge in [-0.05, 0) is 12.8 Å². The summed E-state index contributed by atoms with van der Waals surface area (Å²) in [6.45, 7) is 0. The zero-order valence-electron chi connectivity index (χ0n) is 6.40. The standard InChI is InChI=1S/C7H12N2O2/c10-8-6-4-2-1-3-5-7(6)9(8)11/h6-7H,1-5H2/t6-,7-/m0/s1. The van der Waals surface area contributed by atoms with Crippen LogP contribution in [-0.2, 0) is 0 Å². The van der Waals surface area contributed by atoms with Crippen LogP contribution in [0.15, 0.2) is 0 Å². The Hall–Kier alpha value is -0.640. The maximum atomic E-state index is 10.9. The number of hydrogen-bond acceptors (Lipinski definition) is 2. The first-order valence-corrected chi connectivity index (χ1v) is 4.23. The molecule has 0 radical (unpaired) electrons. The van der Waals surface area contributed by atoms with Gasteiger partial charge in [0.1, 0.15) is 10.9 Å². The van der Waals surface area contributed by atoms with Crippen LogP contribution < -0.4 is 0 Å². The average Bonchev–Trinajstić information content (AvgIpc) is 2.25. The summed E-state index contributed by atoms with van der Waals surface area (Å²) in [5.74, 6) is 0. The Morgan fingerprint density at radius 2 is 2.00 bits per heavy atom. The van der Waals surface area contributed by atoms with Gasteiger partial charge >= 0.3 is 0 Å². The molecule has 0 bridgehead atoms. The molecular formula is C7H12N2O2. The fourth-order valence-electron chi connectivity index (χ4n) is 2.01. The molecule has 2 aliphatic rings. The molecule has 4 heteroatoms. The number of hydrazine groups is 1. The van der Waals surface area contributed by atoms with E-state index >= 15 is 0 Å². The predicted octanol–water partition coefficient (Wildman–Crippen LogP) is 1.20. The molecule has 1 saturated heterocycles. The van der Waals surface area contributed by atoms with Crippen molar-refractivity contribution in [2.24, 2.45) is 0 Å². The normalized spacial score (nSPS) is 37.5. The van der Waals surface area contributed by atoms with Crippen LogP contribution in [-0.4, -0.2) is 22.1 Å². The van der Waals surface area contributed by atoms with Gasteiger partial charge in [-0.15, -0.1) is 0 Å². The van der Waals surface area contributed by atoms with E-state index in [-0.39, 0.29) is 12.1 Å². The molecule has 1 saturated carbocycles. The maximum Gasteiger partial charge on any atom is 0.258 e. The summed E-state index contributed by atoms with van der Waals surface area (Å²) in [4.78, 5) is 11.5. The van der Waals surface area contributed by atoms with Gasteiger partial charge in [-0.1, -0.05) is 12.8 Å². The smallest absolute Gasteiger partial charge is 0.258 e. The van der Waals surface area contributed by atoms with Gasteiger partial charge in [0, 0.05) is 6.42 Å². The van der Waals surface area contributed by atoms with Crippen LogP contribution in [0.1, 0.15) is 32.1 Å². The minimum Gasteiger partial charge on any atom is -0.704 e. The zero-order chi connectivity index (χ0) is 7.84. The van der Waals surface area contributed by atoms with Crippen molar-refractivity contribution in [3.8, 4) is 0 Å². The van der Waals surface area contributed by atoms with Gasteiger partial charge < -0.3 is 5.21 Å². The summed E-state index contributed by atoms with van der Waals surface area (Å²) < 4.78 is 0. The highest BCUT2D eigenvalue weighted by atomic mass is 16.6. The number of hydrogen-bond donors (Lipinski definition) is 0. The van der Waals surface area contributed by atoms with E-state index in [1.54, 1.807) is 0 Å². The Morgan fingerprint density at radius 1 is 1.27 bits per heavy atom. The van der Waals surface area contributed by atoms with Gasteiger partial charge in [0.05, 0.1) is 4.91 Å². The van der Waals surface area contributed by atoms with Crippen LogP contribution >= 0.6 is 0 Å². The van der Waals surface area contributed by atoms with Crippen molar-refractivity contribution in [3.63, 3.8) is 0 Å². The lowest BCUT2D eigenvalue weighted by molar-refractivity contribution is -0.802.